The smallest absolute Gasteiger partial charge is 0.264 e. The fourth-order valence-electron chi connectivity index (χ4n) is 4.06. The van der Waals surface area contributed by atoms with E-state index >= 15 is 0 Å². The lowest BCUT2D eigenvalue weighted by Gasteiger charge is -2.17. The molecule has 0 spiro atoms. The van der Waals surface area contributed by atoms with Crippen molar-refractivity contribution in [2.24, 2.45) is 0 Å². The summed E-state index contributed by atoms with van der Waals surface area (Å²) in [6, 6.07) is 12.4. The zero-order valence-electron chi connectivity index (χ0n) is 21.3. The lowest BCUT2D eigenvalue weighted by atomic mass is 9.97. The number of aryl methyl sites for hydroxylation is 3. The van der Waals surface area contributed by atoms with Gasteiger partial charge in [-0.2, -0.15) is 0 Å². The summed E-state index contributed by atoms with van der Waals surface area (Å²) < 4.78 is 40.3. The summed E-state index contributed by atoms with van der Waals surface area (Å²) in [7, 11) is -4.01. The Morgan fingerprint density at radius 2 is 1.76 bits per heavy atom. The first kappa shape index (κ1) is 25.2. The van der Waals surface area contributed by atoms with Crippen LogP contribution in [0.2, 0.25) is 0 Å². The fourth-order valence-corrected chi connectivity index (χ4v) is 5.33. The summed E-state index contributed by atoms with van der Waals surface area (Å²) in [6.45, 7) is 7.61. The van der Waals surface area contributed by atoms with Gasteiger partial charge in [0.15, 0.2) is 0 Å². The van der Waals surface area contributed by atoms with E-state index in [2.05, 4.69) is 30.1 Å². The minimum absolute atomic E-state index is 0.0897. The normalized spacial score (nSPS) is 11.5. The van der Waals surface area contributed by atoms with Crippen molar-refractivity contribution in [3.8, 4) is 22.6 Å². The SMILES string of the molecule is Cc1cnc(NCc2cc(-c3ncco3)ccc2-c2ccccc2S(=O)(=O)Nc2onc(C)c2C)c(C)n1. The van der Waals surface area contributed by atoms with Crippen molar-refractivity contribution in [2.45, 2.75) is 39.1 Å². The summed E-state index contributed by atoms with van der Waals surface area (Å²) in [5, 5.41) is 7.19. The van der Waals surface area contributed by atoms with E-state index in [1.54, 1.807) is 50.5 Å². The molecular formula is C27H26N6O4S. The van der Waals surface area contributed by atoms with Gasteiger partial charge in [-0.1, -0.05) is 29.4 Å². The molecule has 0 atom stereocenters. The highest BCUT2D eigenvalue weighted by Crippen LogP contribution is 2.34. The van der Waals surface area contributed by atoms with E-state index in [1.807, 2.05) is 32.0 Å². The molecule has 0 saturated carbocycles. The first-order valence-electron chi connectivity index (χ1n) is 11.8. The molecule has 10 nitrogen and oxygen atoms in total. The van der Waals surface area contributed by atoms with Gasteiger partial charge in [0.05, 0.1) is 34.4 Å². The van der Waals surface area contributed by atoms with Crippen LogP contribution < -0.4 is 10.0 Å². The quantitative estimate of drug-likeness (QED) is 0.269. The molecule has 0 amide bonds. The molecule has 2 N–H and O–H groups in total. The van der Waals surface area contributed by atoms with E-state index in [-0.39, 0.29) is 10.8 Å². The van der Waals surface area contributed by atoms with Crippen LogP contribution in [0.4, 0.5) is 11.7 Å². The number of nitrogens with zero attached hydrogens (tertiary/aromatic N) is 4. The van der Waals surface area contributed by atoms with E-state index in [0.29, 0.717) is 35.1 Å². The molecule has 38 heavy (non-hydrogen) atoms. The van der Waals surface area contributed by atoms with Gasteiger partial charge in [0.2, 0.25) is 11.8 Å². The number of rotatable bonds is 8. The summed E-state index contributed by atoms with van der Waals surface area (Å²) in [6.07, 6.45) is 4.78. The minimum atomic E-state index is -4.01. The number of oxazole rings is 1. The van der Waals surface area contributed by atoms with Crippen LogP contribution in [0.25, 0.3) is 22.6 Å². The minimum Gasteiger partial charge on any atom is -0.445 e. The summed E-state index contributed by atoms with van der Waals surface area (Å²) in [5.41, 5.74) is 5.64. The van der Waals surface area contributed by atoms with Crippen molar-refractivity contribution in [1.29, 1.82) is 0 Å². The number of hydrogen-bond acceptors (Lipinski definition) is 9. The maximum Gasteiger partial charge on any atom is 0.264 e. The van der Waals surface area contributed by atoms with Crippen LogP contribution >= 0.6 is 0 Å². The number of benzene rings is 2. The van der Waals surface area contributed by atoms with E-state index in [1.165, 1.54) is 6.26 Å². The van der Waals surface area contributed by atoms with E-state index in [9.17, 15) is 8.42 Å². The van der Waals surface area contributed by atoms with E-state index in [4.69, 9.17) is 8.94 Å². The Morgan fingerprint density at radius 3 is 2.47 bits per heavy atom. The molecule has 0 aliphatic heterocycles. The van der Waals surface area contributed by atoms with Gasteiger partial charge in [-0.15, -0.1) is 0 Å². The summed E-state index contributed by atoms with van der Waals surface area (Å²) in [4.78, 5) is 13.3. The van der Waals surface area contributed by atoms with E-state index in [0.717, 1.165) is 28.1 Å². The van der Waals surface area contributed by atoms with Gasteiger partial charge in [-0.25, -0.2) is 23.1 Å². The molecule has 0 fully saturated rings. The Kier molecular flexibility index (Phi) is 6.68. The maximum absolute atomic E-state index is 13.5. The average molecular weight is 531 g/mol. The Balaban J connectivity index is 1.58. The monoisotopic (exact) mass is 530 g/mol. The predicted octanol–water partition coefficient (Wildman–Crippen LogP) is 5.43. The second-order valence-electron chi connectivity index (χ2n) is 8.83. The Hall–Kier alpha value is -4.51. The molecule has 0 radical (unpaired) electrons. The highest BCUT2D eigenvalue weighted by molar-refractivity contribution is 7.92. The molecule has 3 aromatic heterocycles. The summed E-state index contributed by atoms with van der Waals surface area (Å²) in [5.74, 6) is 1.19. The molecule has 0 unspecified atom stereocenters. The van der Waals surface area contributed by atoms with Gasteiger partial charge in [-0.3, -0.25) is 4.98 Å². The van der Waals surface area contributed by atoms with Crippen molar-refractivity contribution in [1.82, 2.24) is 20.1 Å². The molecule has 194 valence electrons. The Labute approximate surface area is 220 Å². The first-order valence-corrected chi connectivity index (χ1v) is 13.3. The second-order valence-corrected chi connectivity index (χ2v) is 10.5. The lowest BCUT2D eigenvalue weighted by Crippen LogP contribution is -2.15. The van der Waals surface area contributed by atoms with Gasteiger partial charge >= 0.3 is 0 Å². The van der Waals surface area contributed by atoms with E-state index < -0.39 is 10.0 Å². The largest absolute Gasteiger partial charge is 0.445 e. The van der Waals surface area contributed by atoms with Crippen molar-refractivity contribution in [2.75, 3.05) is 10.0 Å². The average Bonchev–Trinajstić information content (AvgIpc) is 3.55. The van der Waals surface area contributed by atoms with Crippen molar-refractivity contribution < 1.29 is 17.4 Å². The fraction of sp³-hybridized carbons (Fsp3) is 0.185. The molecule has 5 aromatic rings. The van der Waals surface area contributed by atoms with Crippen molar-refractivity contribution in [3.63, 3.8) is 0 Å². The molecular weight excluding hydrogens is 504 g/mol. The van der Waals surface area contributed by atoms with Gasteiger partial charge in [0.25, 0.3) is 10.0 Å². The highest BCUT2D eigenvalue weighted by atomic mass is 32.2. The molecule has 2 aromatic carbocycles. The highest BCUT2D eigenvalue weighted by Gasteiger charge is 2.24. The molecule has 3 heterocycles. The zero-order valence-corrected chi connectivity index (χ0v) is 22.1. The summed E-state index contributed by atoms with van der Waals surface area (Å²) >= 11 is 0. The molecule has 0 aliphatic carbocycles. The molecule has 0 saturated heterocycles. The van der Waals surface area contributed by atoms with Crippen LogP contribution in [0.5, 0.6) is 0 Å². The lowest BCUT2D eigenvalue weighted by molar-refractivity contribution is 0.430. The second kappa shape index (κ2) is 10.1. The molecule has 0 bridgehead atoms. The third kappa shape index (κ3) is 5.00. The number of anilines is 2. The van der Waals surface area contributed by atoms with Gasteiger partial charge < -0.3 is 14.3 Å². The van der Waals surface area contributed by atoms with Crippen molar-refractivity contribution in [3.05, 3.63) is 89.3 Å². The van der Waals surface area contributed by atoms with Crippen LogP contribution in [0.15, 0.2) is 75.0 Å². The standard InChI is InChI=1S/C27H26N6O4S/c1-16-14-29-25(19(4)31-16)30-15-21-13-20(27-28-11-12-36-27)9-10-22(21)23-7-5-6-8-24(23)38(34,35)33-26-17(2)18(3)32-37-26/h5-14,33H,15H2,1-4H3,(H,29,30). The van der Waals surface area contributed by atoms with Crippen LogP contribution in [0.1, 0.15) is 28.2 Å². The number of nitrogens with one attached hydrogen (secondary N) is 2. The molecule has 0 aliphatic rings. The zero-order chi connectivity index (χ0) is 26.9. The number of sulfonamides is 1. The molecule has 5 rings (SSSR count). The van der Waals surface area contributed by atoms with Gasteiger partial charge in [0.1, 0.15) is 12.1 Å². The predicted molar refractivity (Wildman–Crippen MR) is 143 cm³/mol. The van der Waals surface area contributed by atoms with Crippen LogP contribution in [-0.4, -0.2) is 28.5 Å². The van der Waals surface area contributed by atoms with Crippen LogP contribution in [0.3, 0.4) is 0 Å². The van der Waals surface area contributed by atoms with Crippen LogP contribution in [-0.2, 0) is 16.6 Å². The first-order chi connectivity index (χ1) is 18.2. The third-order valence-electron chi connectivity index (χ3n) is 6.15. The Morgan fingerprint density at radius 1 is 0.947 bits per heavy atom. The Bertz CT molecular complexity index is 1710. The number of hydrogen-bond donors (Lipinski definition) is 2. The van der Waals surface area contributed by atoms with Gasteiger partial charge in [-0.05, 0) is 57.0 Å². The molecule has 11 heteroatoms. The van der Waals surface area contributed by atoms with Crippen molar-refractivity contribution >= 4 is 21.7 Å². The third-order valence-corrected chi connectivity index (χ3v) is 7.54. The number of aromatic nitrogens is 4. The van der Waals surface area contributed by atoms with Gasteiger partial charge in [0, 0.05) is 23.2 Å². The maximum atomic E-state index is 13.5. The topological polar surface area (TPSA) is 136 Å². The van der Waals surface area contributed by atoms with Crippen LogP contribution in [0, 0.1) is 27.7 Å².